The number of rotatable bonds is 4. The van der Waals surface area contributed by atoms with E-state index in [1.54, 1.807) is 0 Å². The Kier molecular flexibility index (Phi) is 3.43. The Bertz CT molecular complexity index is 733. The van der Waals surface area contributed by atoms with E-state index in [1.165, 1.54) is 0 Å². The van der Waals surface area contributed by atoms with Gasteiger partial charge in [0.15, 0.2) is 5.76 Å². The van der Waals surface area contributed by atoms with Crippen molar-refractivity contribution in [2.24, 2.45) is 0 Å². The maximum Gasteiger partial charge on any atom is 0.230 e. The molecule has 1 N–H and O–H groups in total. The second kappa shape index (κ2) is 5.40. The van der Waals surface area contributed by atoms with Crippen LogP contribution >= 0.6 is 0 Å². The summed E-state index contributed by atoms with van der Waals surface area (Å²) >= 11 is 0. The molecule has 0 aliphatic carbocycles. The molecule has 0 bridgehead atoms. The van der Waals surface area contributed by atoms with Crippen LogP contribution in [-0.2, 0) is 0 Å². The van der Waals surface area contributed by atoms with Gasteiger partial charge in [0.2, 0.25) is 17.7 Å². The van der Waals surface area contributed by atoms with Crippen LogP contribution in [0.4, 0.5) is 11.9 Å². The summed E-state index contributed by atoms with van der Waals surface area (Å²) in [6.07, 6.45) is 0. The topological polar surface area (TPSA) is 67.1 Å². The van der Waals surface area contributed by atoms with Gasteiger partial charge in [0, 0.05) is 26.0 Å². The van der Waals surface area contributed by atoms with Crippen LogP contribution in [0.1, 0.15) is 6.92 Å². The van der Waals surface area contributed by atoms with Crippen molar-refractivity contribution in [1.82, 2.24) is 15.0 Å². The molecule has 0 saturated heterocycles. The molecule has 3 aromatic rings. The predicted octanol–water partition coefficient (Wildman–Crippen LogP) is 2.78. The van der Waals surface area contributed by atoms with Gasteiger partial charge in [0.05, 0.1) is 0 Å². The molecule has 21 heavy (non-hydrogen) atoms. The Morgan fingerprint density at radius 1 is 1.14 bits per heavy atom. The van der Waals surface area contributed by atoms with Crippen molar-refractivity contribution in [3.63, 3.8) is 0 Å². The lowest BCUT2D eigenvalue weighted by Gasteiger charge is -2.12. The normalized spacial score (nSPS) is 10.8. The molecule has 6 nitrogen and oxygen atoms in total. The van der Waals surface area contributed by atoms with E-state index in [9.17, 15) is 0 Å². The molecule has 0 aliphatic rings. The van der Waals surface area contributed by atoms with Gasteiger partial charge in [0.25, 0.3) is 0 Å². The highest BCUT2D eigenvalue weighted by molar-refractivity contribution is 5.81. The van der Waals surface area contributed by atoms with E-state index in [0.29, 0.717) is 23.5 Å². The van der Waals surface area contributed by atoms with Crippen molar-refractivity contribution >= 4 is 22.9 Å². The maximum absolute atomic E-state index is 5.82. The second-order valence-electron chi connectivity index (χ2n) is 4.86. The van der Waals surface area contributed by atoms with Crippen LogP contribution in [0.15, 0.2) is 34.7 Å². The van der Waals surface area contributed by atoms with Crippen LogP contribution in [-0.4, -0.2) is 35.6 Å². The number of fused-ring (bicyclic) bond motifs is 1. The fourth-order valence-electron chi connectivity index (χ4n) is 2.00. The van der Waals surface area contributed by atoms with Crippen LogP contribution < -0.4 is 10.2 Å². The SMILES string of the molecule is CCNc1nc(-c2cc3ccccc3o2)nc(N(C)C)n1. The van der Waals surface area contributed by atoms with Gasteiger partial charge < -0.3 is 14.6 Å². The molecule has 2 heterocycles. The molecular formula is C15H17N5O. The zero-order valence-corrected chi connectivity index (χ0v) is 12.3. The summed E-state index contributed by atoms with van der Waals surface area (Å²) in [7, 11) is 3.79. The van der Waals surface area contributed by atoms with Gasteiger partial charge in [-0.1, -0.05) is 18.2 Å². The molecule has 1 aromatic carbocycles. The van der Waals surface area contributed by atoms with Crippen molar-refractivity contribution in [2.45, 2.75) is 6.92 Å². The number of nitrogens with one attached hydrogen (secondary N) is 1. The first-order valence-electron chi connectivity index (χ1n) is 6.83. The lowest BCUT2D eigenvalue weighted by atomic mass is 10.2. The fraction of sp³-hybridized carbons (Fsp3) is 0.267. The first-order chi connectivity index (χ1) is 10.2. The highest BCUT2D eigenvalue weighted by Crippen LogP contribution is 2.26. The van der Waals surface area contributed by atoms with Crippen molar-refractivity contribution in [3.8, 4) is 11.6 Å². The van der Waals surface area contributed by atoms with Crippen molar-refractivity contribution < 1.29 is 4.42 Å². The average Bonchev–Trinajstić information content (AvgIpc) is 2.91. The number of para-hydroxylation sites is 1. The summed E-state index contributed by atoms with van der Waals surface area (Å²) in [6, 6.07) is 9.79. The largest absolute Gasteiger partial charge is 0.453 e. The highest BCUT2D eigenvalue weighted by Gasteiger charge is 2.13. The minimum absolute atomic E-state index is 0.529. The van der Waals surface area contributed by atoms with Crippen LogP contribution in [0, 0.1) is 0 Å². The molecule has 108 valence electrons. The third-order valence-corrected chi connectivity index (χ3v) is 3.00. The summed E-state index contributed by atoms with van der Waals surface area (Å²) in [5.41, 5.74) is 0.823. The Morgan fingerprint density at radius 2 is 1.95 bits per heavy atom. The van der Waals surface area contributed by atoms with E-state index in [4.69, 9.17) is 4.42 Å². The summed E-state index contributed by atoms with van der Waals surface area (Å²) in [6.45, 7) is 2.75. The van der Waals surface area contributed by atoms with E-state index in [0.717, 1.165) is 17.5 Å². The zero-order chi connectivity index (χ0) is 14.8. The third-order valence-electron chi connectivity index (χ3n) is 3.00. The molecule has 0 fully saturated rings. The smallest absolute Gasteiger partial charge is 0.230 e. The average molecular weight is 283 g/mol. The first kappa shape index (κ1) is 13.4. The standard InChI is InChI=1S/C15H17N5O/c1-4-16-14-17-13(18-15(19-14)20(2)3)12-9-10-7-5-6-8-11(10)21-12/h5-9H,4H2,1-3H3,(H,16,17,18,19). The monoisotopic (exact) mass is 283 g/mol. The van der Waals surface area contributed by atoms with Crippen molar-refractivity contribution in [3.05, 3.63) is 30.3 Å². The molecule has 0 spiro atoms. The van der Waals surface area contributed by atoms with E-state index in [2.05, 4.69) is 20.3 Å². The molecular weight excluding hydrogens is 266 g/mol. The van der Waals surface area contributed by atoms with Crippen molar-refractivity contribution in [1.29, 1.82) is 0 Å². The predicted molar refractivity (Wildman–Crippen MR) is 83.5 cm³/mol. The van der Waals surface area contributed by atoms with Crippen LogP contribution in [0.25, 0.3) is 22.6 Å². The molecule has 0 unspecified atom stereocenters. The lowest BCUT2D eigenvalue weighted by Crippen LogP contribution is -2.15. The Morgan fingerprint density at radius 3 is 2.67 bits per heavy atom. The van der Waals surface area contributed by atoms with E-state index in [1.807, 2.05) is 56.3 Å². The van der Waals surface area contributed by atoms with E-state index in [-0.39, 0.29) is 0 Å². The number of benzene rings is 1. The van der Waals surface area contributed by atoms with E-state index < -0.39 is 0 Å². The number of hydrogen-bond acceptors (Lipinski definition) is 6. The molecule has 0 saturated carbocycles. The minimum Gasteiger partial charge on any atom is -0.453 e. The third kappa shape index (κ3) is 2.65. The Hall–Kier alpha value is -2.63. The Labute approximate surface area is 122 Å². The van der Waals surface area contributed by atoms with Gasteiger partial charge in [-0.25, -0.2) is 0 Å². The number of aromatic nitrogens is 3. The molecule has 0 atom stereocenters. The van der Waals surface area contributed by atoms with Crippen LogP contribution in [0.2, 0.25) is 0 Å². The number of anilines is 2. The van der Waals surface area contributed by atoms with E-state index >= 15 is 0 Å². The summed E-state index contributed by atoms with van der Waals surface area (Å²) in [5.74, 6) is 2.31. The summed E-state index contributed by atoms with van der Waals surface area (Å²) < 4.78 is 5.82. The highest BCUT2D eigenvalue weighted by atomic mass is 16.3. The maximum atomic E-state index is 5.82. The van der Waals surface area contributed by atoms with Gasteiger partial charge in [-0.15, -0.1) is 0 Å². The van der Waals surface area contributed by atoms with Gasteiger partial charge in [-0.2, -0.15) is 15.0 Å². The molecule has 2 aromatic heterocycles. The second-order valence-corrected chi connectivity index (χ2v) is 4.86. The Balaban J connectivity index is 2.11. The molecule has 3 rings (SSSR count). The lowest BCUT2D eigenvalue weighted by molar-refractivity contribution is 0.624. The fourth-order valence-corrected chi connectivity index (χ4v) is 2.00. The summed E-state index contributed by atoms with van der Waals surface area (Å²) in [5, 5.41) is 4.15. The minimum atomic E-state index is 0.529. The number of hydrogen-bond donors (Lipinski definition) is 1. The van der Waals surface area contributed by atoms with Gasteiger partial charge in [-0.05, 0) is 19.1 Å². The van der Waals surface area contributed by atoms with Crippen LogP contribution in [0.3, 0.4) is 0 Å². The molecule has 0 amide bonds. The van der Waals surface area contributed by atoms with Gasteiger partial charge in [0.1, 0.15) is 5.58 Å². The molecule has 6 heteroatoms. The quantitative estimate of drug-likeness (QED) is 0.794. The number of nitrogens with zero attached hydrogens (tertiary/aromatic N) is 4. The summed E-state index contributed by atoms with van der Waals surface area (Å²) in [4.78, 5) is 15.1. The first-order valence-corrected chi connectivity index (χ1v) is 6.83. The van der Waals surface area contributed by atoms with Crippen LogP contribution in [0.5, 0.6) is 0 Å². The molecule has 0 aliphatic heterocycles. The zero-order valence-electron chi connectivity index (χ0n) is 12.3. The van der Waals surface area contributed by atoms with Gasteiger partial charge in [-0.3, -0.25) is 0 Å². The van der Waals surface area contributed by atoms with Crippen molar-refractivity contribution in [2.75, 3.05) is 30.9 Å². The molecule has 0 radical (unpaired) electrons. The van der Waals surface area contributed by atoms with Gasteiger partial charge >= 0.3 is 0 Å². The number of furan rings is 1.